The number of rotatable bonds is 28. The number of carbonyl (C=O) groups is 1. The third-order valence-electron chi connectivity index (χ3n) is 7.93. The molecule has 1 aliphatic heterocycles. The predicted octanol–water partition coefficient (Wildman–Crippen LogP) is 5.74. The van der Waals surface area contributed by atoms with E-state index >= 15 is 0 Å². The van der Waals surface area contributed by atoms with Gasteiger partial charge in [0.2, 0.25) is 0 Å². The Labute approximate surface area is 261 Å². The Morgan fingerprint density at radius 1 is 0.721 bits per heavy atom. The van der Waals surface area contributed by atoms with Crippen molar-refractivity contribution in [1.82, 2.24) is 0 Å². The Hall–Kier alpha value is -1.07. The van der Waals surface area contributed by atoms with Crippen LogP contribution in [0.4, 0.5) is 0 Å². The summed E-state index contributed by atoms with van der Waals surface area (Å²) in [5.74, 6) is -0.326. The number of aliphatic hydroxyl groups excluding tert-OH is 4. The van der Waals surface area contributed by atoms with E-state index in [0.717, 1.165) is 44.9 Å². The van der Waals surface area contributed by atoms with Crippen LogP contribution in [-0.4, -0.2) is 89.6 Å². The van der Waals surface area contributed by atoms with Crippen molar-refractivity contribution in [3.8, 4) is 0 Å². The molecule has 0 aromatic heterocycles. The molecule has 0 amide bonds. The molecule has 1 aliphatic rings. The molecule has 9 nitrogen and oxygen atoms in total. The molecule has 6 unspecified atom stereocenters. The van der Waals surface area contributed by atoms with Crippen LogP contribution in [0, 0.1) is 0 Å². The first-order valence-electron chi connectivity index (χ1n) is 17.3. The fraction of sp³-hybridized carbons (Fsp3) is 0.912. The molecule has 1 rings (SSSR count). The lowest BCUT2D eigenvalue weighted by molar-refractivity contribution is -0.305. The van der Waals surface area contributed by atoms with E-state index in [0.29, 0.717) is 13.0 Å². The van der Waals surface area contributed by atoms with Crippen LogP contribution in [-0.2, 0) is 23.7 Å². The first kappa shape index (κ1) is 40.0. The molecule has 0 aromatic rings. The molecule has 0 spiro atoms. The lowest BCUT2D eigenvalue weighted by Gasteiger charge is -2.39. The molecule has 0 aromatic carbocycles. The van der Waals surface area contributed by atoms with Gasteiger partial charge in [0.15, 0.2) is 6.29 Å². The first-order chi connectivity index (χ1) is 20.9. The van der Waals surface area contributed by atoms with Crippen LogP contribution in [0.15, 0.2) is 12.2 Å². The van der Waals surface area contributed by atoms with Crippen LogP contribution in [0.5, 0.6) is 0 Å². The molecule has 0 radical (unpaired) electrons. The maximum Gasteiger partial charge on any atom is 0.306 e. The summed E-state index contributed by atoms with van der Waals surface area (Å²) in [6, 6.07) is 0. The number of unbranched alkanes of at least 4 members (excludes halogenated alkanes) is 15. The smallest absolute Gasteiger partial charge is 0.306 e. The quantitative estimate of drug-likeness (QED) is 0.0493. The highest BCUT2D eigenvalue weighted by Gasteiger charge is 2.44. The van der Waals surface area contributed by atoms with E-state index in [9.17, 15) is 25.2 Å². The Kier molecular flexibility index (Phi) is 25.3. The summed E-state index contributed by atoms with van der Waals surface area (Å²) >= 11 is 0. The van der Waals surface area contributed by atoms with E-state index in [4.69, 9.17) is 18.9 Å². The fourth-order valence-corrected chi connectivity index (χ4v) is 5.13. The summed E-state index contributed by atoms with van der Waals surface area (Å²) in [4.78, 5) is 12.6. The van der Waals surface area contributed by atoms with Crippen LogP contribution >= 0.6 is 0 Å². The average Bonchev–Trinajstić information content (AvgIpc) is 3.00. The van der Waals surface area contributed by atoms with Crippen LogP contribution in [0.25, 0.3) is 0 Å². The zero-order chi connectivity index (χ0) is 31.5. The van der Waals surface area contributed by atoms with Gasteiger partial charge in [-0.2, -0.15) is 0 Å². The normalized spacial score (nSPS) is 23.2. The number of ether oxygens (including phenoxy) is 4. The molecule has 9 heteroatoms. The molecule has 0 bridgehead atoms. The zero-order valence-corrected chi connectivity index (χ0v) is 27.2. The Bertz CT molecular complexity index is 672. The Morgan fingerprint density at radius 3 is 1.93 bits per heavy atom. The van der Waals surface area contributed by atoms with Gasteiger partial charge >= 0.3 is 5.97 Å². The Balaban J connectivity index is 2.38. The third-order valence-corrected chi connectivity index (χ3v) is 7.93. The SMILES string of the molecule is CCCCC/C=C\CCCCCCCC(=O)OC(COCCCCCCCCCC)COC1OC(CO)C(O)C(O)C1O. The van der Waals surface area contributed by atoms with Gasteiger partial charge in [0.05, 0.1) is 19.8 Å². The predicted molar refractivity (Wildman–Crippen MR) is 169 cm³/mol. The van der Waals surface area contributed by atoms with Gasteiger partial charge in [-0.05, 0) is 38.5 Å². The molecule has 43 heavy (non-hydrogen) atoms. The average molecular weight is 617 g/mol. The van der Waals surface area contributed by atoms with E-state index in [1.54, 1.807) is 0 Å². The molecule has 1 fully saturated rings. The highest BCUT2D eigenvalue weighted by molar-refractivity contribution is 5.69. The van der Waals surface area contributed by atoms with Gasteiger partial charge in [-0.25, -0.2) is 0 Å². The molecule has 6 atom stereocenters. The summed E-state index contributed by atoms with van der Waals surface area (Å²) in [5, 5.41) is 39.7. The van der Waals surface area contributed by atoms with Gasteiger partial charge in [0.1, 0.15) is 30.5 Å². The van der Waals surface area contributed by atoms with E-state index in [2.05, 4.69) is 26.0 Å². The van der Waals surface area contributed by atoms with Crippen molar-refractivity contribution in [2.24, 2.45) is 0 Å². The highest BCUT2D eigenvalue weighted by atomic mass is 16.7. The zero-order valence-electron chi connectivity index (χ0n) is 27.2. The van der Waals surface area contributed by atoms with Gasteiger partial charge < -0.3 is 39.4 Å². The maximum absolute atomic E-state index is 12.6. The van der Waals surface area contributed by atoms with Crippen LogP contribution < -0.4 is 0 Å². The lowest BCUT2D eigenvalue weighted by atomic mass is 9.99. The molecule has 1 heterocycles. The van der Waals surface area contributed by atoms with Crippen molar-refractivity contribution in [3.05, 3.63) is 12.2 Å². The first-order valence-corrected chi connectivity index (χ1v) is 17.3. The minimum Gasteiger partial charge on any atom is -0.457 e. The lowest BCUT2D eigenvalue weighted by Crippen LogP contribution is -2.59. The van der Waals surface area contributed by atoms with Crippen LogP contribution in [0.2, 0.25) is 0 Å². The molecule has 0 aliphatic carbocycles. The second kappa shape index (κ2) is 27.3. The second-order valence-corrected chi connectivity index (χ2v) is 12.0. The molecule has 1 saturated heterocycles. The molecule has 0 saturated carbocycles. The molecule has 4 N–H and O–H groups in total. The summed E-state index contributed by atoms with van der Waals surface area (Å²) in [5.41, 5.74) is 0. The van der Waals surface area contributed by atoms with Crippen molar-refractivity contribution >= 4 is 5.97 Å². The summed E-state index contributed by atoms with van der Waals surface area (Å²) in [6.45, 7) is 4.48. The molecular weight excluding hydrogens is 552 g/mol. The van der Waals surface area contributed by atoms with Crippen molar-refractivity contribution in [2.75, 3.05) is 26.4 Å². The maximum atomic E-state index is 12.6. The summed E-state index contributed by atoms with van der Waals surface area (Å²) < 4.78 is 22.5. The van der Waals surface area contributed by atoms with Gasteiger partial charge in [0.25, 0.3) is 0 Å². The van der Waals surface area contributed by atoms with Crippen LogP contribution in [0.3, 0.4) is 0 Å². The van der Waals surface area contributed by atoms with E-state index < -0.39 is 43.4 Å². The van der Waals surface area contributed by atoms with Crippen LogP contribution in [0.1, 0.15) is 136 Å². The minimum absolute atomic E-state index is 0.113. The third kappa shape index (κ3) is 19.8. The number of esters is 1. The van der Waals surface area contributed by atoms with E-state index in [-0.39, 0.29) is 19.2 Å². The monoisotopic (exact) mass is 616 g/mol. The fourth-order valence-electron chi connectivity index (χ4n) is 5.13. The second-order valence-electron chi connectivity index (χ2n) is 12.0. The van der Waals surface area contributed by atoms with E-state index in [1.807, 2.05) is 0 Å². The topological polar surface area (TPSA) is 135 Å². The number of carbonyl (C=O) groups excluding carboxylic acids is 1. The minimum atomic E-state index is -1.53. The number of allylic oxidation sites excluding steroid dienone is 2. The summed E-state index contributed by atoms with van der Waals surface area (Å²) in [7, 11) is 0. The molecule has 254 valence electrons. The molecular formula is C34H64O9. The van der Waals surface area contributed by atoms with Gasteiger partial charge in [-0.1, -0.05) is 103 Å². The Morgan fingerprint density at radius 2 is 1.28 bits per heavy atom. The summed E-state index contributed by atoms with van der Waals surface area (Å²) in [6.07, 6.45) is 18.1. The largest absolute Gasteiger partial charge is 0.457 e. The number of hydrogen-bond acceptors (Lipinski definition) is 9. The highest BCUT2D eigenvalue weighted by Crippen LogP contribution is 2.22. The van der Waals surface area contributed by atoms with Gasteiger partial charge in [-0.3, -0.25) is 4.79 Å². The van der Waals surface area contributed by atoms with Gasteiger partial charge in [0, 0.05) is 13.0 Å². The van der Waals surface area contributed by atoms with Crippen molar-refractivity contribution in [2.45, 2.75) is 173 Å². The number of hydrogen-bond donors (Lipinski definition) is 4. The number of aliphatic hydroxyl groups is 4. The van der Waals surface area contributed by atoms with Crippen molar-refractivity contribution in [3.63, 3.8) is 0 Å². The van der Waals surface area contributed by atoms with Crippen molar-refractivity contribution in [1.29, 1.82) is 0 Å². The van der Waals surface area contributed by atoms with Crippen molar-refractivity contribution < 1.29 is 44.2 Å². The van der Waals surface area contributed by atoms with Gasteiger partial charge in [-0.15, -0.1) is 0 Å². The van der Waals surface area contributed by atoms with E-state index in [1.165, 1.54) is 70.6 Å². The standard InChI is InChI=1S/C34H64O9/c1-3-5-7-9-11-13-14-15-16-17-19-21-23-30(36)42-28(26-40-24-22-20-18-12-10-8-6-4-2)27-41-34-33(39)32(38)31(37)29(25-35)43-34/h11,13,28-29,31-35,37-39H,3-10,12,14-27H2,1-2H3/b13-11-.